The maximum Gasteiger partial charge on any atom is 1.00 e. The van der Waals surface area contributed by atoms with Gasteiger partial charge in [0.15, 0.2) is 0 Å². The number of ether oxygens (including phenoxy) is 1. The monoisotopic (exact) mass is 295 g/mol. The second-order valence-corrected chi connectivity index (χ2v) is 5.18. The van der Waals surface area contributed by atoms with Crippen LogP contribution in [0.3, 0.4) is 0 Å². The van der Waals surface area contributed by atoms with Gasteiger partial charge in [0.2, 0.25) is 0 Å². The Hall–Kier alpha value is -0.670. The Bertz CT molecular complexity index is 447. The molecule has 0 saturated carbocycles. The van der Waals surface area contributed by atoms with Gasteiger partial charge < -0.3 is 19.7 Å². The molecule has 2 rings (SSSR count). The number of cyclic esters (lactones) is 1. The van der Waals surface area contributed by atoms with Crippen molar-refractivity contribution in [2.24, 2.45) is 5.92 Å². The molecule has 2 aliphatic heterocycles. The van der Waals surface area contributed by atoms with E-state index < -0.39 is 35.1 Å². The number of amides is 1. The second-order valence-electron chi connectivity index (χ2n) is 5.18. The molecule has 0 spiro atoms. The van der Waals surface area contributed by atoms with E-state index in [-0.39, 0.29) is 49.0 Å². The molecule has 2 aliphatic rings. The number of carboxylic acid groups (broad SMARTS) is 1. The minimum atomic E-state index is -2.23. The molecule has 0 aliphatic carbocycles. The molecule has 0 aromatic rings. The van der Waals surface area contributed by atoms with Crippen LogP contribution >= 0.6 is 0 Å². The van der Waals surface area contributed by atoms with Gasteiger partial charge in [-0.15, -0.1) is 0 Å². The first kappa shape index (κ1) is 17.4. The number of carbonyl (C=O) groups is 3. The van der Waals surface area contributed by atoms with Gasteiger partial charge in [-0.25, -0.2) is 0 Å². The van der Waals surface area contributed by atoms with Crippen LogP contribution in [0.1, 0.15) is 26.7 Å². The summed E-state index contributed by atoms with van der Waals surface area (Å²) < 4.78 is 4.72. The molecule has 1 unspecified atom stereocenters. The van der Waals surface area contributed by atoms with Crippen molar-refractivity contribution in [1.29, 1.82) is 0 Å². The minimum Gasteiger partial charge on any atom is -0.544 e. The average molecular weight is 295 g/mol. The zero-order valence-electron chi connectivity index (χ0n) is 11.5. The van der Waals surface area contributed by atoms with E-state index in [2.05, 4.69) is 0 Å². The van der Waals surface area contributed by atoms with Gasteiger partial charge in [-0.3, -0.25) is 14.4 Å². The number of hydroxylamine groups is 2. The van der Waals surface area contributed by atoms with Crippen LogP contribution in [0, 0.1) is 5.92 Å². The molecule has 106 valence electrons. The van der Waals surface area contributed by atoms with Crippen LogP contribution in [-0.4, -0.2) is 45.9 Å². The van der Waals surface area contributed by atoms with Crippen LogP contribution in [0.25, 0.3) is 0 Å². The third-order valence-electron chi connectivity index (χ3n) is 3.32. The fourth-order valence-corrected chi connectivity index (χ4v) is 2.15. The number of aliphatic carboxylic acids is 1. The van der Waals surface area contributed by atoms with Crippen molar-refractivity contribution in [2.75, 3.05) is 6.61 Å². The van der Waals surface area contributed by atoms with Crippen molar-refractivity contribution in [2.45, 2.75) is 38.0 Å². The first-order chi connectivity index (χ1) is 8.68. The number of rotatable bonds is 3. The van der Waals surface area contributed by atoms with E-state index >= 15 is 0 Å². The van der Waals surface area contributed by atoms with Gasteiger partial charge in [0.1, 0.15) is 5.97 Å². The fraction of sp³-hybridized carbons (Fsp3) is 0.727. The van der Waals surface area contributed by atoms with Crippen molar-refractivity contribution in [3.05, 3.63) is 0 Å². The standard InChI is InChI=1S/C11H15NO7.Na/c1-10(2,17)6-5-18-12(8(6)14)11(9(15)16)4-3-7(13)19-11;/h6,17H,3-5H2,1-2H3,(H,15,16);/q;+1/p-1/t6-,11?;/m1./s1. The number of carbonyl (C=O) groups excluding carboxylic acids is 3. The summed E-state index contributed by atoms with van der Waals surface area (Å²) in [4.78, 5) is 39.5. The molecule has 0 aromatic heterocycles. The van der Waals surface area contributed by atoms with E-state index in [1.165, 1.54) is 13.8 Å². The maximum atomic E-state index is 12.1. The van der Waals surface area contributed by atoms with Crippen molar-refractivity contribution in [3.63, 3.8) is 0 Å². The van der Waals surface area contributed by atoms with Gasteiger partial charge in [-0.1, -0.05) is 0 Å². The first-order valence-corrected chi connectivity index (χ1v) is 5.81. The predicted octanol–water partition coefficient (Wildman–Crippen LogP) is -5.07. The normalized spacial score (nSPS) is 30.1. The number of esters is 1. The summed E-state index contributed by atoms with van der Waals surface area (Å²) in [6.07, 6.45) is -0.382. The summed E-state index contributed by atoms with van der Waals surface area (Å²) >= 11 is 0. The molecule has 8 nitrogen and oxygen atoms in total. The molecule has 0 bridgehead atoms. The molecular weight excluding hydrogens is 281 g/mol. The Balaban J connectivity index is 0.00000200. The van der Waals surface area contributed by atoms with E-state index in [1.54, 1.807) is 0 Å². The zero-order chi connectivity index (χ0) is 14.4. The summed E-state index contributed by atoms with van der Waals surface area (Å²) in [5.41, 5.74) is -3.60. The van der Waals surface area contributed by atoms with E-state index in [4.69, 9.17) is 9.57 Å². The van der Waals surface area contributed by atoms with Gasteiger partial charge in [-0.2, -0.15) is 5.06 Å². The molecular formula is C11H14NNaO7. The van der Waals surface area contributed by atoms with Crippen molar-refractivity contribution < 1.29 is 63.7 Å². The molecule has 1 N–H and O–H groups in total. The van der Waals surface area contributed by atoms with E-state index in [1.807, 2.05) is 0 Å². The Kier molecular flexibility index (Phi) is 4.87. The summed E-state index contributed by atoms with van der Waals surface area (Å²) in [6.45, 7) is 2.64. The maximum absolute atomic E-state index is 12.1. The topological polar surface area (TPSA) is 116 Å². The Morgan fingerprint density at radius 1 is 1.50 bits per heavy atom. The Labute approximate surface area is 137 Å². The minimum absolute atomic E-state index is 0. The summed E-state index contributed by atoms with van der Waals surface area (Å²) in [7, 11) is 0. The smallest absolute Gasteiger partial charge is 0.544 e. The predicted molar refractivity (Wildman–Crippen MR) is 55.6 cm³/mol. The zero-order valence-corrected chi connectivity index (χ0v) is 13.5. The molecule has 2 saturated heterocycles. The van der Waals surface area contributed by atoms with Crippen molar-refractivity contribution in [1.82, 2.24) is 5.06 Å². The summed E-state index contributed by atoms with van der Waals surface area (Å²) in [5.74, 6) is -4.13. The van der Waals surface area contributed by atoms with E-state index in [0.29, 0.717) is 5.06 Å². The van der Waals surface area contributed by atoms with Crippen LogP contribution in [-0.2, 0) is 24.0 Å². The number of nitrogens with zero attached hydrogens (tertiary/aromatic N) is 1. The third-order valence-corrected chi connectivity index (χ3v) is 3.32. The van der Waals surface area contributed by atoms with Gasteiger partial charge in [0, 0.05) is 6.42 Å². The van der Waals surface area contributed by atoms with Gasteiger partial charge in [0.05, 0.1) is 24.5 Å². The van der Waals surface area contributed by atoms with E-state index in [9.17, 15) is 24.6 Å². The number of carboxylic acids is 1. The van der Waals surface area contributed by atoms with Crippen molar-refractivity contribution >= 4 is 17.8 Å². The van der Waals surface area contributed by atoms with Gasteiger partial charge in [0.25, 0.3) is 11.6 Å². The summed E-state index contributed by atoms with van der Waals surface area (Å²) in [6, 6.07) is 0. The third kappa shape index (κ3) is 2.71. The average Bonchev–Trinajstić information content (AvgIpc) is 2.81. The van der Waals surface area contributed by atoms with Crippen molar-refractivity contribution in [3.8, 4) is 0 Å². The largest absolute Gasteiger partial charge is 1.00 e. The van der Waals surface area contributed by atoms with Crippen LogP contribution in [0.2, 0.25) is 0 Å². The Morgan fingerprint density at radius 3 is 2.45 bits per heavy atom. The molecule has 9 heteroatoms. The quantitative estimate of drug-likeness (QED) is 0.409. The molecule has 20 heavy (non-hydrogen) atoms. The fourth-order valence-electron chi connectivity index (χ4n) is 2.15. The van der Waals surface area contributed by atoms with Crippen LogP contribution in [0.15, 0.2) is 0 Å². The molecule has 0 radical (unpaired) electrons. The van der Waals surface area contributed by atoms with Gasteiger partial charge in [-0.05, 0) is 13.8 Å². The molecule has 2 heterocycles. The second kappa shape index (κ2) is 5.61. The number of hydrogen-bond donors (Lipinski definition) is 1. The number of hydrogen-bond acceptors (Lipinski definition) is 7. The summed E-state index contributed by atoms with van der Waals surface area (Å²) in [5, 5.41) is 21.6. The SMILES string of the molecule is CC(C)(O)[C@@H]1CON(C2(C(=O)[O-])CCC(=O)O2)C1=O.[Na+]. The van der Waals surface area contributed by atoms with Crippen LogP contribution in [0.4, 0.5) is 0 Å². The molecule has 2 atom stereocenters. The first-order valence-electron chi connectivity index (χ1n) is 5.81. The van der Waals surface area contributed by atoms with E-state index in [0.717, 1.165) is 0 Å². The molecule has 0 aromatic carbocycles. The molecule has 2 fully saturated rings. The Morgan fingerprint density at radius 2 is 2.10 bits per heavy atom. The number of aliphatic hydroxyl groups is 1. The van der Waals surface area contributed by atoms with Crippen LogP contribution in [0.5, 0.6) is 0 Å². The van der Waals surface area contributed by atoms with Gasteiger partial charge >= 0.3 is 35.5 Å². The molecule has 1 amide bonds. The van der Waals surface area contributed by atoms with Crippen LogP contribution < -0.4 is 34.7 Å².